The highest BCUT2D eigenvalue weighted by Crippen LogP contribution is 2.28. The van der Waals surface area contributed by atoms with Gasteiger partial charge in [0, 0.05) is 0 Å². The van der Waals surface area contributed by atoms with Crippen LogP contribution in [-0.4, -0.2) is 11.1 Å². The van der Waals surface area contributed by atoms with Gasteiger partial charge < -0.3 is 9.52 Å². The average molecular weight is 242 g/mol. The number of carboxylic acid groups (broad SMARTS) is 1. The molecule has 2 aromatic rings. The lowest BCUT2D eigenvalue weighted by Gasteiger charge is -2.05. The van der Waals surface area contributed by atoms with E-state index in [1.54, 1.807) is 0 Å². The van der Waals surface area contributed by atoms with E-state index in [2.05, 4.69) is 0 Å². The molecule has 0 bridgehead atoms. The first-order valence-electron chi connectivity index (χ1n) is 4.47. The molecule has 0 aliphatic heterocycles. The molecule has 6 heteroatoms. The molecule has 2 rings (SSSR count). The highest BCUT2D eigenvalue weighted by Gasteiger charge is 2.25. The maximum atomic E-state index is 13.7. The fourth-order valence-electron chi connectivity index (χ4n) is 1.40. The fraction of sp³-hybridized carbons (Fsp3) is 0. The van der Waals surface area contributed by atoms with Gasteiger partial charge in [0.1, 0.15) is 11.3 Å². The zero-order valence-corrected chi connectivity index (χ0v) is 8.21. The Hall–Kier alpha value is -2.24. The molecule has 17 heavy (non-hydrogen) atoms. The van der Waals surface area contributed by atoms with Crippen molar-refractivity contribution in [3.05, 3.63) is 47.5 Å². The van der Waals surface area contributed by atoms with Gasteiger partial charge in [-0.05, 0) is 18.2 Å². The van der Waals surface area contributed by atoms with Gasteiger partial charge in [-0.3, -0.25) is 0 Å². The summed E-state index contributed by atoms with van der Waals surface area (Å²) in [6.45, 7) is 0. The van der Waals surface area contributed by atoms with Crippen molar-refractivity contribution in [3.63, 3.8) is 0 Å². The number of furan rings is 1. The van der Waals surface area contributed by atoms with Crippen LogP contribution in [-0.2, 0) is 0 Å². The number of rotatable bonds is 2. The number of hydrogen-bond acceptors (Lipinski definition) is 2. The first-order valence-corrected chi connectivity index (χ1v) is 4.47. The van der Waals surface area contributed by atoms with Crippen LogP contribution in [0.3, 0.4) is 0 Å². The van der Waals surface area contributed by atoms with Crippen LogP contribution in [0.25, 0.3) is 11.3 Å². The second kappa shape index (κ2) is 3.97. The third-order valence-corrected chi connectivity index (χ3v) is 2.16. The quantitative estimate of drug-likeness (QED) is 0.823. The molecule has 0 radical (unpaired) electrons. The van der Waals surface area contributed by atoms with E-state index in [-0.39, 0.29) is 5.76 Å². The molecular weight excluding hydrogens is 237 g/mol. The molecule has 0 aliphatic rings. The predicted octanol–water partition coefficient (Wildman–Crippen LogP) is 3.06. The minimum absolute atomic E-state index is 0.0797. The zero-order chi connectivity index (χ0) is 12.6. The lowest BCUT2D eigenvalue weighted by Crippen LogP contribution is -2.08. The van der Waals surface area contributed by atoms with E-state index in [4.69, 9.17) is 9.52 Å². The zero-order valence-electron chi connectivity index (χ0n) is 8.21. The van der Waals surface area contributed by atoms with Gasteiger partial charge in [0.25, 0.3) is 0 Å². The molecular formula is C11H5F3O3. The monoisotopic (exact) mass is 242 g/mol. The van der Waals surface area contributed by atoms with E-state index in [1.165, 1.54) is 18.4 Å². The van der Waals surface area contributed by atoms with Crippen molar-refractivity contribution in [2.24, 2.45) is 0 Å². The van der Waals surface area contributed by atoms with E-state index in [1.807, 2.05) is 0 Å². The summed E-state index contributed by atoms with van der Waals surface area (Å²) in [5, 5.41) is 8.62. The third kappa shape index (κ3) is 1.77. The molecule has 1 N–H and O–H groups in total. The van der Waals surface area contributed by atoms with Gasteiger partial charge >= 0.3 is 5.97 Å². The van der Waals surface area contributed by atoms with Crippen LogP contribution in [0.4, 0.5) is 13.2 Å². The topological polar surface area (TPSA) is 50.4 Å². The lowest BCUT2D eigenvalue weighted by atomic mass is 10.1. The molecule has 0 saturated heterocycles. The van der Waals surface area contributed by atoms with Crippen LogP contribution >= 0.6 is 0 Å². The lowest BCUT2D eigenvalue weighted by molar-refractivity contribution is 0.0685. The summed E-state index contributed by atoms with van der Waals surface area (Å²) in [5.74, 6) is -6.51. The average Bonchev–Trinajstić information content (AvgIpc) is 2.76. The van der Waals surface area contributed by atoms with Crippen molar-refractivity contribution in [1.82, 2.24) is 0 Å². The molecule has 1 aromatic carbocycles. The molecule has 0 saturated carbocycles. The standard InChI is InChI=1S/C11H5F3O3/c12-6-4-5(7-2-1-3-17-7)9(13)8(10(6)14)11(15)16/h1-4H,(H,15,16). The van der Waals surface area contributed by atoms with E-state index < -0.39 is 34.5 Å². The fourth-order valence-corrected chi connectivity index (χ4v) is 1.40. The van der Waals surface area contributed by atoms with Crippen molar-refractivity contribution in [1.29, 1.82) is 0 Å². The Morgan fingerprint density at radius 1 is 1.24 bits per heavy atom. The van der Waals surface area contributed by atoms with E-state index in [0.29, 0.717) is 6.07 Å². The van der Waals surface area contributed by atoms with E-state index in [9.17, 15) is 18.0 Å². The first-order chi connectivity index (χ1) is 8.02. The molecule has 1 aromatic heterocycles. The van der Waals surface area contributed by atoms with Gasteiger partial charge in [0.05, 0.1) is 11.8 Å². The summed E-state index contributed by atoms with van der Waals surface area (Å²) in [6, 6.07) is 3.27. The molecule has 0 amide bonds. The minimum Gasteiger partial charge on any atom is -0.477 e. The number of hydrogen-bond donors (Lipinski definition) is 1. The third-order valence-electron chi connectivity index (χ3n) is 2.16. The maximum Gasteiger partial charge on any atom is 0.341 e. The van der Waals surface area contributed by atoms with E-state index >= 15 is 0 Å². The number of halogens is 3. The molecule has 0 spiro atoms. The summed E-state index contributed by atoms with van der Waals surface area (Å²) in [6.07, 6.45) is 1.20. The minimum atomic E-state index is -1.88. The first kappa shape index (κ1) is 11.3. The van der Waals surface area contributed by atoms with Crippen molar-refractivity contribution in [3.8, 4) is 11.3 Å². The molecule has 0 fully saturated rings. The Labute approximate surface area is 93.1 Å². The summed E-state index contributed by atoms with van der Waals surface area (Å²) < 4.78 is 44.7. The largest absolute Gasteiger partial charge is 0.477 e. The van der Waals surface area contributed by atoms with Crippen molar-refractivity contribution >= 4 is 5.97 Å². The van der Waals surface area contributed by atoms with Gasteiger partial charge in [-0.1, -0.05) is 0 Å². The summed E-state index contributed by atoms with van der Waals surface area (Å²) in [5.41, 5.74) is -1.78. The van der Waals surface area contributed by atoms with Crippen LogP contribution in [0.1, 0.15) is 10.4 Å². The highest BCUT2D eigenvalue weighted by atomic mass is 19.2. The number of carboxylic acids is 1. The Balaban J connectivity index is 2.75. The van der Waals surface area contributed by atoms with Gasteiger partial charge in [0.15, 0.2) is 17.5 Å². The molecule has 88 valence electrons. The molecule has 0 aliphatic carbocycles. The normalized spacial score (nSPS) is 10.5. The second-order valence-electron chi connectivity index (χ2n) is 3.19. The van der Waals surface area contributed by atoms with Gasteiger partial charge in [0.2, 0.25) is 0 Å². The molecule has 0 unspecified atom stereocenters. The van der Waals surface area contributed by atoms with Gasteiger partial charge in [-0.2, -0.15) is 0 Å². The van der Waals surface area contributed by atoms with Crippen molar-refractivity contribution < 1.29 is 27.5 Å². The summed E-state index contributed by atoms with van der Waals surface area (Å²) >= 11 is 0. The van der Waals surface area contributed by atoms with E-state index in [0.717, 1.165) is 0 Å². The van der Waals surface area contributed by atoms with Gasteiger partial charge in [-0.25, -0.2) is 18.0 Å². The smallest absolute Gasteiger partial charge is 0.341 e. The second-order valence-corrected chi connectivity index (χ2v) is 3.19. The maximum absolute atomic E-state index is 13.7. The van der Waals surface area contributed by atoms with Crippen molar-refractivity contribution in [2.75, 3.05) is 0 Å². The SMILES string of the molecule is O=C(O)c1c(F)c(F)cc(-c2ccco2)c1F. The number of carbonyl (C=O) groups is 1. The molecule has 0 atom stereocenters. The summed E-state index contributed by atoms with van der Waals surface area (Å²) in [7, 11) is 0. The number of benzene rings is 1. The Morgan fingerprint density at radius 3 is 2.47 bits per heavy atom. The van der Waals surface area contributed by atoms with Gasteiger partial charge in [-0.15, -0.1) is 0 Å². The van der Waals surface area contributed by atoms with Crippen LogP contribution in [0.5, 0.6) is 0 Å². The van der Waals surface area contributed by atoms with Crippen molar-refractivity contribution in [2.45, 2.75) is 0 Å². The van der Waals surface area contributed by atoms with Crippen LogP contribution in [0.15, 0.2) is 28.9 Å². The summed E-state index contributed by atoms with van der Waals surface area (Å²) in [4.78, 5) is 10.6. The van der Waals surface area contributed by atoms with Crippen LogP contribution in [0, 0.1) is 17.5 Å². The highest BCUT2D eigenvalue weighted by molar-refractivity contribution is 5.90. The molecule has 3 nitrogen and oxygen atoms in total. The number of aromatic carboxylic acids is 1. The Kier molecular flexibility index (Phi) is 2.63. The predicted molar refractivity (Wildman–Crippen MR) is 51.0 cm³/mol. The Morgan fingerprint density at radius 2 is 1.94 bits per heavy atom. The Bertz CT molecular complexity index is 576. The van der Waals surface area contributed by atoms with Crippen LogP contribution < -0.4 is 0 Å². The molecule has 1 heterocycles. The van der Waals surface area contributed by atoms with Crippen LogP contribution in [0.2, 0.25) is 0 Å².